The van der Waals surface area contributed by atoms with Crippen molar-refractivity contribution in [1.29, 1.82) is 0 Å². The molecule has 2 heterocycles. The molecule has 4 rings (SSSR count). The molecule has 28 heavy (non-hydrogen) atoms. The largest absolute Gasteiger partial charge is 0.449 e. The van der Waals surface area contributed by atoms with Gasteiger partial charge in [-0.15, -0.1) is 11.8 Å². The molecule has 0 saturated carbocycles. The van der Waals surface area contributed by atoms with Crippen molar-refractivity contribution in [3.8, 4) is 0 Å². The summed E-state index contributed by atoms with van der Waals surface area (Å²) in [6.07, 6.45) is -0.109. The number of anilines is 2. The van der Waals surface area contributed by atoms with Crippen LogP contribution < -0.4 is 10.2 Å². The van der Waals surface area contributed by atoms with Gasteiger partial charge in [-0.2, -0.15) is 0 Å². The second kappa shape index (κ2) is 7.31. The molecule has 2 amide bonds. The van der Waals surface area contributed by atoms with Gasteiger partial charge >= 0.3 is 5.97 Å². The normalized spacial score (nSPS) is 18.7. The average molecular weight is 396 g/mol. The Bertz CT molecular complexity index is 975. The highest BCUT2D eigenvalue weighted by Crippen LogP contribution is 2.36. The molecule has 1 N–H and O–H groups in total. The Morgan fingerprint density at radius 2 is 2.04 bits per heavy atom. The number of nitrogens with one attached hydrogen (secondary N) is 1. The molecule has 0 aliphatic carbocycles. The molecule has 0 fully saturated rings. The van der Waals surface area contributed by atoms with Crippen molar-refractivity contribution in [3.05, 3.63) is 53.6 Å². The first-order valence-electron chi connectivity index (χ1n) is 9.16. The van der Waals surface area contributed by atoms with Crippen molar-refractivity contribution in [2.24, 2.45) is 0 Å². The number of carbonyl (C=O) groups is 3. The number of para-hydroxylation sites is 1. The Morgan fingerprint density at radius 1 is 1.25 bits per heavy atom. The monoisotopic (exact) mass is 396 g/mol. The SMILES string of the molecule is C[C@H](OC(=O)c1ccc2c(c1)NC(=O)[C@H](C)S2)C(=O)N1CCc2ccccc21. The summed E-state index contributed by atoms with van der Waals surface area (Å²) in [5.74, 6) is -0.929. The van der Waals surface area contributed by atoms with Crippen LogP contribution in [0, 0.1) is 0 Å². The molecule has 2 aromatic rings. The Balaban J connectivity index is 1.46. The molecule has 0 saturated heterocycles. The molecule has 0 spiro atoms. The lowest BCUT2D eigenvalue weighted by molar-refractivity contribution is -0.126. The summed E-state index contributed by atoms with van der Waals surface area (Å²) in [6.45, 7) is 3.99. The minimum atomic E-state index is -0.904. The Kier molecular flexibility index (Phi) is 4.85. The van der Waals surface area contributed by atoms with Crippen molar-refractivity contribution in [3.63, 3.8) is 0 Å². The summed E-state index contributed by atoms with van der Waals surface area (Å²) in [6, 6.07) is 12.8. The predicted molar refractivity (Wildman–Crippen MR) is 108 cm³/mol. The van der Waals surface area contributed by atoms with Crippen LogP contribution >= 0.6 is 11.8 Å². The van der Waals surface area contributed by atoms with E-state index in [0.29, 0.717) is 17.8 Å². The fraction of sp³-hybridized carbons (Fsp3) is 0.286. The lowest BCUT2D eigenvalue weighted by Gasteiger charge is -2.23. The third-order valence-electron chi connectivity index (χ3n) is 4.93. The highest BCUT2D eigenvalue weighted by molar-refractivity contribution is 8.00. The van der Waals surface area contributed by atoms with Crippen molar-refractivity contribution < 1.29 is 19.1 Å². The number of ether oxygens (including phenoxy) is 1. The van der Waals surface area contributed by atoms with Crippen LogP contribution in [-0.2, 0) is 20.7 Å². The first-order chi connectivity index (χ1) is 13.4. The first-order valence-corrected chi connectivity index (χ1v) is 10.0. The van der Waals surface area contributed by atoms with E-state index in [0.717, 1.165) is 22.6 Å². The van der Waals surface area contributed by atoms with Crippen LogP contribution in [0.25, 0.3) is 0 Å². The molecular weight excluding hydrogens is 376 g/mol. The zero-order valence-electron chi connectivity index (χ0n) is 15.6. The van der Waals surface area contributed by atoms with Gasteiger partial charge in [-0.3, -0.25) is 9.59 Å². The summed E-state index contributed by atoms with van der Waals surface area (Å²) in [4.78, 5) is 39.7. The van der Waals surface area contributed by atoms with Gasteiger partial charge in [0.1, 0.15) is 0 Å². The lowest BCUT2D eigenvalue weighted by Crippen LogP contribution is -2.39. The van der Waals surface area contributed by atoms with Crippen LogP contribution in [-0.4, -0.2) is 35.7 Å². The number of esters is 1. The Morgan fingerprint density at radius 3 is 2.86 bits per heavy atom. The fourth-order valence-electron chi connectivity index (χ4n) is 3.40. The topological polar surface area (TPSA) is 75.7 Å². The number of carbonyl (C=O) groups excluding carboxylic acids is 3. The van der Waals surface area contributed by atoms with Crippen molar-refractivity contribution >= 4 is 40.9 Å². The molecule has 144 valence electrons. The molecule has 2 aliphatic rings. The zero-order chi connectivity index (χ0) is 19.8. The van der Waals surface area contributed by atoms with Gasteiger partial charge < -0.3 is 15.0 Å². The van der Waals surface area contributed by atoms with Crippen LogP contribution in [0.2, 0.25) is 0 Å². The van der Waals surface area contributed by atoms with E-state index >= 15 is 0 Å². The van der Waals surface area contributed by atoms with E-state index in [1.807, 2.05) is 31.2 Å². The van der Waals surface area contributed by atoms with Crippen molar-refractivity contribution in [1.82, 2.24) is 0 Å². The Hall–Kier alpha value is -2.80. The van der Waals surface area contributed by atoms with Crippen LogP contribution in [0.4, 0.5) is 11.4 Å². The lowest BCUT2D eigenvalue weighted by atomic mass is 10.2. The summed E-state index contributed by atoms with van der Waals surface area (Å²) in [5.41, 5.74) is 2.88. The standard InChI is InChI=1S/C21H20N2O4S/c1-12(20(25)23-10-9-14-5-3-4-6-17(14)23)27-21(26)15-7-8-18-16(11-15)22-19(24)13(2)28-18/h3-8,11-13H,9-10H2,1-2H3,(H,22,24)/t12-,13-/m0/s1. The maximum atomic E-state index is 12.8. The van der Waals surface area contributed by atoms with Crippen LogP contribution in [0.3, 0.4) is 0 Å². The molecule has 0 radical (unpaired) electrons. The van der Waals surface area contributed by atoms with Crippen molar-refractivity contribution in [2.75, 3.05) is 16.8 Å². The number of hydrogen-bond donors (Lipinski definition) is 1. The third kappa shape index (κ3) is 3.38. The molecule has 7 heteroatoms. The van der Waals surface area contributed by atoms with Gasteiger partial charge in [-0.25, -0.2) is 4.79 Å². The smallest absolute Gasteiger partial charge is 0.338 e. The average Bonchev–Trinajstić information content (AvgIpc) is 3.12. The summed E-state index contributed by atoms with van der Waals surface area (Å²) >= 11 is 1.44. The highest BCUT2D eigenvalue weighted by atomic mass is 32.2. The van der Waals surface area contributed by atoms with E-state index in [1.165, 1.54) is 11.8 Å². The molecule has 0 unspecified atom stereocenters. The van der Waals surface area contributed by atoms with Gasteiger partial charge in [0, 0.05) is 17.1 Å². The number of benzene rings is 2. The summed E-state index contributed by atoms with van der Waals surface area (Å²) in [5, 5.41) is 2.62. The number of hydrogen-bond acceptors (Lipinski definition) is 5. The number of fused-ring (bicyclic) bond motifs is 2. The van der Waals surface area contributed by atoms with E-state index in [9.17, 15) is 14.4 Å². The molecule has 0 bridgehead atoms. The highest BCUT2D eigenvalue weighted by Gasteiger charge is 2.30. The van der Waals surface area contributed by atoms with Crippen LogP contribution in [0.15, 0.2) is 47.4 Å². The maximum Gasteiger partial charge on any atom is 0.338 e. The number of amides is 2. The van der Waals surface area contributed by atoms with Crippen LogP contribution in [0.1, 0.15) is 29.8 Å². The van der Waals surface area contributed by atoms with E-state index in [4.69, 9.17) is 4.74 Å². The first kappa shape index (κ1) is 18.6. The summed E-state index contributed by atoms with van der Waals surface area (Å²) < 4.78 is 5.41. The quantitative estimate of drug-likeness (QED) is 0.806. The van der Waals surface area contributed by atoms with Gasteiger partial charge in [0.2, 0.25) is 5.91 Å². The number of rotatable bonds is 3. The molecule has 2 aromatic carbocycles. The number of thioether (sulfide) groups is 1. The molecule has 0 aromatic heterocycles. The molecular formula is C21H20N2O4S. The van der Waals surface area contributed by atoms with E-state index < -0.39 is 12.1 Å². The Labute approximate surface area is 167 Å². The third-order valence-corrected chi connectivity index (χ3v) is 6.11. The zero-order valence-corrected chi connectivity index (χ0v) is 16.4. The number of nitrogens with zero attached hydrogens (tertiary/aromatic N) is 1. The van der Waals surface area contributed by atoms with Gasteiger partial charge in [0.25, 0.3) is 5.91 Å². The molecule has 2 aliphatic heterocycles. The molecule has 2 atom stereocenters. The van der Waals surface area contributed by atoms with Gasteiger partial charge in [-0.05, 0) is 50.1 Å². The molecule has 6 nitrogen and oxygen atoms in total. The maximum absolute atomic E-state index is 12.8. The van der Waals surface area contributed by atoms with E-state index in [1.54, 1.807) is 30.0 Å². The van der Waals surface area contributed by atoms with E-state index in [2.05, 4.69) is 5.32 Å². The minimum Gasteiger partial charge on any atom is -0.449 e. The second-order valence-corrected chi connectivity index (χ2v) is 8.26. The van der Waals surface area contributed by atoms with Gasteiger partial charge in [-0.1, -0.05) is 18.2 Å². The van der Waals surface area contributed by atoms with Gasteiger partial charge in [0.15, 0.2) is 6.10 Å². The van der Waals surface area contributed by atoms with E-state index in [-0.39, 0.29) is 17.1 Å². The predicted octanol–water partition coefficient (Wildman–Crippen LogP) is 3.25. The minimum absolute atomic E-state index is 0.0979. The van der Waals surface area contributed by atoms with Crippen molar-refractivity contribution in [2.45, 2.75) is 36.5 Å². The fourth-order valence-corrected chi connectivity index (χ4v) is 4.33. The second-order valence-electron chi connectivity index (χ2n) is 6.88. The van der Waals surface area contributed by atoms with Gasteiger partial charge in [0.05, 0.1) is 16.5 Å². The summed E-state index contributed by atoms with van der Waals surface area (Å²) in [7, 11) is 0. The van der Waals surface area contributed by atoms with Crippen LogP contribution in [0.5, 0.6) is 0 Å².